The molecule has 3 amide bonds. The highest BCUT2D eigenvalue weighted by Gasteiger charge is 2.45. The summed E-state index contributed by atoms with van der Waals surface area (Å²) in [6.45, 7) is 2.26. The molecule has 19 heteroatoms. The van der Waals surface area contributed by atoms with E-state index in [0.717, 1.165) is 23.1 Å². The number of rotatable bonds is 14. The van der Waals surface area contributed by atoms with Crippen molar-refractivity contribution in [1.29, 1.82) is 0 Å². The number of anilines is 4. The van der Waals surface area contributed by atoms with E-state index in [1.54, 1.807) is 36.4 Å². The van der Waals surface area contributed by atoms with E-state index in [4.69, 9.17) is 21.1 Å². The molecule has 0 bridgehead atoms. The number of fused-ring (bicyclic) bond motifs is 1. The van der Waals surface area contributed by atoms with Crippen molar-refractivity contribution in [3.05, 3.63) is 82.9 Å². The van der Waals surface area contributed by atoms with Crippen molar-refractivity contribution in [1.82, 2.24) is 30.6 Å². The predicted molar refractivity (Wildman–Crippen MR) is 201 cm³/mol. The molecule has 5 N–H and O–H groups in total. The van der Waals surface area contributed by atoms with Crippen LogP contribution in [0.2, 0.25) is 5.02 Å². The monoisotopic (exact) mass is 797 g/mol. The van der Waals surface area contributed by atoms with E-state index in [9.17, 15) is 27.6 Å². The van der Waals surface area contributed by atoms with Gasteiger partial charge in [0.25, 0.3) is 5.91 Å². The van der Waals surface area contributed by atoms with E-state index in [2.05, 4.69) is 46.5 Å². The number of benzene rings is 3. The van der Waals surface area contributed by atoms with Crippen LogP contribution < -0.4 is 36.1 Å². The highest BCUT2D eigenvalue weighted by Crippen LogP contribution is 2.48. The van der Waals surface area contributed by atoms with Crippen LogP contribution in [0.1, 0.15) is 42.6 Å². The summed E-state index contributed by atoms with van der Waals surface area (Å²) in [5.74, 6) is -1.68. The number of nitrogens with zero attached hydrogens (tertiary/aromatic N) is 4. The lowest BCUT2D eigenvalue weighted by Crippen LogP contribution is -2.44. The number of amides is 3. The molecule has 5 aromatic rings. The van der Waals surface area contributed by atoms with E-state index >= 15 is 0 Å². The fourth-order valence-electron chi connectivity index (χ4n) is 5.29. The summed E-state index contributed by atoms with van der Waals surface area (Å²) in [6, 6.07) is 18.3. The van der Waals surface area contributed by atoms with E-state index in [-0.39, 0.29) is 30.1 Å². The fourth-order valence-corrected chi connectivity index (χ4v) is 6.29. The van der Waals surface area contributed by atoms with Gasteiger partial charge in [0.2, 0.25) is 11.9 Å². The third-order valence-corrected chi connectivity index (χ3v) is 9.55. The van der Waals surface area contributed by atoms with Crippen LogP contribution in [0.4, 0.5) is 35.9 Å². The van der Waals surface area contributed by atoms with Crippen molar-refractivity contribution >= 4 is 73.6 Å². The molecule has 0 atom stereocenters. The lowest BCUT2D eigenvalue weighted by atomic mass is 9.93. The topological polar surface area (TPSA) is 181 Å². The number of methoxy groups -OCH3 is 1. The molecular weight excluding hydrogens is 763 g/mol. The number of ether oxygens (including phenoxy) is 2. The molecule has 0 aliphatic heterocycles. The molecule has 55 heavy (non-hydrogen) atoms. The standard InChI is InChI=1S/C36H35ClF3N9O5S/c1-34(2,18-42-28(51)29(52)45-33-44-26-24(53-3)5-4-6-25(26)55-33)17-41-27(50)20-7-13-23(14-8-20)43-30-46-31(48-32(47-30)54-19-36(38,39)40)49-35(15-16-35)21-9-11-22(37)12-10-21/h4-14H,15-19H2,1-3H3,(H,41,50)(H,42,51)(H,44,45,52)(H2,43,46,47,48,49). The Morgan fingerprint density at radius 1 is 0.873 bits per heavy atom. The molecule has 0 radical (unpaired) electrons. The molecule has 1 aliphatic carbocycles. The second-order valence-electron chi connectivity index (χ2n) is 13.4. The third kappa shape index (κ3) is 10.3. The molecule has 14 nitrogen and oxygen atoms in total. The molecule has 288 valence electrons. The average molecular weight is 798 g/mol. The lowest BCUT2D eigenvalue weighted by Gasteiger charge is -2.25. The molecule has 2 aromatic heterocycles. The van der Waals surface area contributed by atoms with E-state index in [1.165, 1.54) is 30.6 Å². The maximum Gasteiger partial charge on any atom is 0.422 e. The maximum absolute atomic E-state index is 13.0. The Labute approximate surface area is 321 Å². The first-order valence-electron chi connectivity index (χ1n) is 16.8. The molecule has 1 saturated carbocycles. The summed E-state index contributed by atoms with van der Waals surface area (Å²) in [6.07, 6.45) is -3.15. The van der Waals surface area contributed by atoms with Crippen LogP contribution in [-0.2, 0) is 15.1 Å². The van der Waals surface area contributed by atoms with Crippen molar-refractivity contribution in [2.75, 3.05) is 42.8 Å². The molecule has 1 aliphatic rings. The zero-order chi connectivity index (χ0) is 39.4. The second kappa shape index (κ2) is 15.9. The summed E-state index contributed by atoms with van der Waals surface area (Å²) in [5.41, 5.74) is 1.06. The van der Waals surface area contributed by atoms with E-state index in [1.807, 2.05) is 32.0 Å². The Bertz CT molecular complexity index is 2200. The molecule has 0 spiro atoms. The van der Waals surface area contributed by atoms with Crippen molar-refractivity contribution in [2.24, 2.45) is 5.41 Å². The van der Waals surface area contributed by atoms with Crippen LogP contribution in [-0.4, -0.2) is 70.6 Å². The molecule has 6 rings (SSSR count). The van der Waals surface area contributed by atoms with Gasteiger partial charge >= 0.3 is 24.0 Å². The Morgan fingerprint density at radius 3 is 2.24 bits per heavy atom. The highest BCUT2D eigenvalue weighted by molar-refractivity contribution is 7.22. The summed E-state index contributed by atoms with van der Waals surface area (Å²) >= 11 is 7.24. The van der Waals surface area contributed by atoms with Crippen LogP contribution in [0.15, 0.2) is 66.7 Å². The molecular formula is C36H35ClF3N9O5S. The zero-order valence-electron chi connectivity index (χ0n) is 29.6. The van der Waals surface area contributed by atoms with Gasteiger partial charge in [-0.3, -0.25) is 19.7 Å². The van der Waals surface area contributed by atoms with Gasteiger partial charge < -0.3 is 30.7 Å². The Hall–Kier alpha value is -5.75. The minimum Gasteiger partial charge on any atom is -0.494 e. The molecule has 2 heterocycles. The van der Waals surface area contributed by atoms with E-state index in [0.29, 0.717) is 27.5 Å². The first-order valence-corrected chi connectivity index (χ1v) is 18.0. The van der Waals surface area contributed by atoms with Crippen molar-refractivity contribution in [2.45, 2.75) is 38.4 Å². The van der Waals surface area contributed by atoms with Gasteiger partial charge in [0, 0.05) is 29.4 Å². The minimum atomic E-state index is -4.61. The number of aromatic nitrogens is 4. The lowest BCUT2D eigenvalue weighted by molar-refractivity contribution is -0.154. The Kier molecular flexibility index (Phi) is 11.3. The molecule has 3 aromatic carbocycles. The van der Waals surface area contributed by atoms with Gasteiger partial charge in [0.15, 0.2) is 11.7 Å². The number of nitrogens with one attached hydrogen (secondary N) is 5. The van der Waals surface area contributed by atoms with E-state index < -0.39 is 47.5 Å². The summed E-state index contributed by atoms with van der Waals surface area (Å²) < 4.78 is 49.8. The van der Waals surface area contributed by atoms with Gasteiger partial charge in [-0.1, -0.05) is 55.0 Å². The van der Waals surface area contributed by atoms with Gasteiger partial charge in [-0.25, -0.2) is 4.98 Å². The second-order valence-corrected chi connectivity index (χ2v) is 14.9. The number of halogens is 4. The summed E-state index contributed by atoms with van der Waals surface area (Å²) in [4.78, 5) is 54.9. The fraction of sp³-hybridized carbons (Fsp3) is 0.306. The SMILES string of the molecule is COc1cccc2sc(NC(=O)C(=O)NCC(C)(C)CNC(=O)c3ccc(Nc4nc(NC5(c6ccc(Cl)cc6)CC5)nc(OCC(F)(F)F)n4)cc3)nc12. The van der Waals surface area contributed by atoms with Crippen LogP contribution in [0.3, 0.4) is 0 Å². The number of alkyl halides is 3. The number of para-hydroxylation sites is 1. The molecule has 1 fully saturated rings. The van der Waals surface area contributed by atoms with Crippen molar-refractivity contribution in [3.63, 3.8) is 0 Å². The van der Waals surface area contributed by atoms with Crippen molar-refractivity contribution < 1.29 is 37.0 Å². The van der Waals surface area contributed by atoms with Gasteiger partial charge in [0.05, 0.1) is 17.3 Å². The van der Waals surface area contributed by atoms with Gasteiger partial charge in [-0.15, -0.1) is 0 Å². The number of carbonyl (C=O) groups excluding carboxylic acids is 3. The third-order valence-electron chi connectivity index (χ3n) is 8.36. The van der Waals surface area contributed by atoms with Crippen LogP contribution in [0.25, 0.3) is 10.2 Å². The Balaban J connectivity index is 1.03. The number of thiazole rings is 1. The predicted octanol–water partition coefficient (Wildman–Crippen LogP) is 6.44. The summed E-state index contributed by atoms with van der Waals surface area (Å²) in [7, 11) is 1.52. The zero-order valence-corrected chi connectivity index (χ0v) is 31.2. The van der Waals surface area contributed by atoms with Crippen molar-refractivity contribution in [3.8, 4) is 11.8 Å². The summed E-state index contributed by atoms with van der Waals surface area (Å²) in [5, 5.41) is 14.9. The smallest absolute Gasteiger partial charge is 0.422 e. The quantitative estimate of drug-likeness (QED) is 0.0781. The number of hydrogen-bond donors (Lipinski definition) is 5. The normalized spacial score (nSPS) is 13.4. The van der Waals surface area contributed by atoms with Crippen LogP contribution >= 0.6 is 22.9 Å². The largest absolute Gasteiger partial charge is 0.494 e. The number of carbonyl (C=O) groups is 3. The Morgan fingerprint density at radius 2 is 1.56 bits per heavy atom. The van der Waals surface area contributed by atoms with Gasteiger partial charge in [-0.2, -0.15) is 28.1 Å². The highest BCUT2D eigenvalue weighted by atomic mass is 35.5. The maximum atomic E-state index is 13.0. The van der Waals surface area contributed by atoms with Crippen LogP contribution in [0.5, 0.6) is 11.8 Å². The first-order chi connectivity index (χ1) is 26.1. The van der Waals surface area contributed by atoms with Gasteiger partial charge in [0.1, 0.15) is 11.3 Å². The van der Waals surface area contributed by atoms with Crippen LogP contribution in [0, 0.1) is 5.41 Å². The molecule has 0 saturated heterocycles. The number of hydrogen-bond acceptors (Lipinski definition) is 12. The average Bonchev–Trinajstić information content (AvgIpc) is 3.80. The minimum absolute atomic E-state index is 0.00629. The van der Waals surface area contributed by atoms with Gasteiger partial charge in [-0.05, 0) is 72.4 Å². The molecule has 0 unspecified atom stereocenters. The first kappa shape index (κ1) is 39.0.